The quantitative estimate of drug-likeness (QED) is 0.396. The van der Waals surface area contributed by atoms with E-state index in [2.05, 4.69) is 17.4 Å². The van der Waals surface area contributed by atoms with Gasteiger partial charge in [-0.25, -0.2) is 9.59 Å². The van der Waals surface area contributed by atoms with E-state index in [4.69, 9.17) is 21.1 Å². The van der Waals surface area contributed by atoms with Crippen LogP contribution in [0.15, 0.2) is 72.8 Å². The molecule has 1 aliphatic carbocycles. The minimum atomic E-state index is -1.74. The van der Waals surface area contributed by atoms with E-state index in [1.807, 2.05) is 36.4 Å². The van der Waals surface area contributed by atoms with Crippen molar-refractivity contribution in [3.8, 4) is 11.1 Å². The van der Waals surface area contributed by atoms with Crippen LogP contribution < -0.4 is 5.32 Å². The van der Waals surface area contributed by atoms with E-state index in [0.717, 1.165) is 22.3 Å². The zero-order chi connectivity index (χ0) is 28.3. The fourth-order valence-corrected chi connectivity index (χ4v) is 5.98. The second-order valence-corrected chi connectivity index (χ2v) is 10.6. The summed E-state index contributed by atoms with van der Waals surface area (Å²) in [4.78, 5) is 41.0. The van der Waals surface area contributed by atoms with Gasteiger partial charge < -0.3 is 19.9 Å². The maximum Gasteiger partial charge on any atom is 0.410 e. The first-order valence-electron chi connectivity index (χ1n) is 13.2. The number of nitrogens with one attached hydrogen (secondary N) is 1. The van der Waals surface area contributed by atoms with Gasteiger partial charge in [-0.05, 0) is 52.8 Å². The average molecular weight is 563 g/mol. The molecule has 2 amide bonds. The highest BCUT2D eigenvalue weighted by Crippen LogP contribution is 2.44. The lowest BCUT2D eigenvalue weighted by Gasteiger charge is -2.33. The fraction of sp³-hybridized carbons (Fsp3) is 0.323. The molecule has 5 rings (SSSR count). The zero-order valence-corrected chi connectivity index (χ0v) is 22.9. The molecule has 2 aliphatic rings. The molecule has 2 atom stereocenters. The van der Waals surface area contributed by atoms with Gasteiger partial charge in [0.2, 0.25) is 5.91 Å². The number of aliphatic hydroxyl groups is 1. The van der Waals surface area contributed by atoms with Crippen molar-refractivity contribution in [2.24, 2.45) is 0 Å². The molecule has 3 aromatic rings. The SMILES string of the molecule is COC(=O)C(CO)(Cc1cccc(Cl)c1)NC(=O)C1CCCN1C(=O)OCC1c2ccccc2-c2ccccc21. The first-order chi connectivity index (χ1) is 19.4. The summed E-state index contributed by atoms with van der Waals surface area (Å²) in [5.74, 6) is -1.47. The third-order valence-electron chi connectivity index (χ3n) is 7.73. The molecule has 1 saturated heterocycles. The molecule has 9 heteroatoms. The number of fused-ring (bicyclic) bond motifs is 3. The number of likely N-dealkylation sites (tertiary alicyclic amines) is 1. The minimum absolute atomic E-state index is 0.0415. The van der Waals surface area contributed by atoms with Crippen molar-refractivity contribution in [3.63, 3.8) is 0 Å². The summed E-state index contributed by atoms with van der Waals surface area (Å²) < 4.78 is 10.7. The molecule has 40 heavy (non-hydrogen) atoms. The number of nitrogens with zero attached hydrogens (tertiary/aromatic N) is 1. The van der Waals surface area contributed by atoms with Gasteiger partial charge in [-0.15, -0.1) is 0 Å². The maximum atomic E-state index is 13.5. The zero-order valence-electron chi connectivity index (χ0n) is 22.1. The summed E-state index contributed by atoms with van der Waals surface area (Å²) in [5.41, 5.74) is 3.33. The molecule has 8 nitrogen and oxygen atoms in total. The molecule has 208 valence electrons. The molecule has 1 fully saturated rings. The highest BCUT2D eigenvalue weighted by molar-refractivity contribution is 6.30. The van der Waals surface area contributed by atoms with Gasteiger partial charge in [0, 0.05) is 23.9 Å². The number of ether oxygens (including phenoxy) is 2. The lowest BCUT2D eigenvalue weighted by Crippen LogP contribution is -2.62. The number of methoxy groups -OCH3 is 1. The lowest BCUT2D eigenvalue weighted by molar-refractivity contribution is -0.153. The summed E-state index contributed by atoms with van der Waals surface area (Å²) >= 11 is 6.10. The number of amides is 2. The van der Waals surface area contributed by atoms with Crippen LogP contribution in [-0.4, -0.2) is 66.4 Å². The Morgan fingerprint density at radius 2 is 1.70 bits per heavy atom. The van der Waals surface area contributed by atoms with E-state index in [-0.39, 0.29) is 18.9 Å². The maximum absolute atomic E-state index is 13.5. The molecule has 0 spiro atoms. The molecule has 1 heterocycles. The van der Waals surface area contributed by atoms with Gasteiger partial charge >= 0.3 is 12.1 Å². The summed E-state index contributed by atoms with van der Waals surface area (Å²) in [6.07, 6.45) is 0.360. The van der Waals surface area contributed by atoms with Crippen LogP contribution in [0.4, 0.5) is 4.79 Å². The van der Waals surface area contributed by atoms with E-state index in [1.54, 1.807) is 24.3 Å². The summed E-state index contributed by atoms with van der Waals surface area (Å²) in [6, 6.07) is 22.1. The van der Waals surface area contributed by atoms with Gasteiger partial charge in [-0.3, -0.25) is 9.69 Å². The van der Waals surface area contributed by atoms with Crippen LogP contribution in [0, 0.1) is 0 Å². The van der Waals surface area contributed by atoms with Crippen molar-refractivity contribution in [1.82, 2.24) is 10.2 Å². The standard InChI is InChI=1S/C31H31ClN2O6/c1-39-29(37)31(19-35,17-20-8-6-9-21(32)16-20)33-28(36)27-14-7-15-34(27)30(38)40-18-26-24-12-4-2-10-22(24)23-11-3-5-13-25(23)26/h2-6,8-13,16,26-27,35H,7,14-15,17-19H2,1H3,(H,33,36). The Morgan fingerprint density at radius 3 is 2.33 bits per heavy atom. The highest BCUT2D eigenvalue weighted by Gasteiger charge is 2.45. The van der Waals surface area contributed by atoms with Gasteiger partial charge in [-0.1, -0.05) is 72.3 Å². The van der Waals surface area contributed by atoms with Crippen molar-refractivity contribution in [2.75, 3.05) is 26.9 Å². The van der Waals surface area contributed by atoms with Gasteiger partial charge in [0.05, 0.1) is 13.7 Å². The Bertz CT molecular complexity index is 1380. The number of carbonyl (C=O) groups is 3. The number of carbonyl (C=O) groups excluding carboxylic acids is 3. The van der Waals surface area contributed by atoms with Crippen LogP contribution in [0.25, 0.3) is 11.1 Å². The molecule has 2 N–H and O–H groups in total. The topological polar surface area (TPSA) is 105 Å². The number of hydrogen-bond donors (Lipinski definition) is 2. The molecule has 0 aromatic heterocycles. The second kappa shape index (κ2) is 11.7. The monoisotopic (exact) mass is 562 g/mol. The van der Waals surface area contributed by atoms with Gasteiger partial charge in [0.25, 0.3) is 0 Å². The molecule has 1 aliphatic heterocycles. The van der Waals surface area contributed by atoms with Crippen molar-refractivity contribution in [3.05, 3.63) is 94.5 Å². The number of esters is 1. The second-order valence-electron chi connectivity index (χ2n) is 10.2. The van der Waals surface area contributed by atoms with E-state index in [9.17, 15) is 19.5 Å². The number of rotatable bonds is 8. The first-order valence-corrected chi connectivity index (χ1v) is 13.6. The summed E-state index contributed by atoms with van der Waals surface area (Å²) in [6.45, 7) is -0.224. The summed E-state index contributed by atoms with van der Waals surface area (Å²) in [7, 11) is 1.19. The molecular formula is C31H31ClN2O6. The molecule has 0 bridgehead atoms. The van der Waals surface area contributed by atoms with E-state index in [0.29, 0.717) is 30.0 Å². The van der Waals surface area contributed by atoms with Crippen molar-refractivity contribution in [1.29, 1.82) is 0 Å². The molecular weight excluding hydrogens is 532 g/mol. The Balaban J connectivity index is 1.30. The Kier molecular flexibility index (Phi) is 8.09. The Morgan fingerprint density at radius 1 is 1.02 bits per heavy atom. The van der Waals surface area contributed by atoms with Gasteiger partial charge in [-0.2, -0.15) is 0 Å². The minimum Gasteiger partial charge on any atom is -0.467 e. The Hall–Kier alpha value is -3.88. The van der Waals surface area contributed by atoms with Crippen LogP contribution >= 0.6 is 11.6 Å². The third-order valence-corrected chi connectivity index (χ3v) is 7.96. The first kappa shape index (κ1) is 27.7. The van der Waals surface area contributed by atoms with E-state index >= 15 is 0 Å². The number of hydrogen-bond acceptors (Lipinski definition) is 6. The van der Waals surface area contributed by atoms with Crippen LogP contribution in [0.3, 0.4) is 0 Å². The number of halogens is 1. The molecule has 2 unspecified atom stereocenters. The van der Waals surface area contributed by atoms with Crippen LogP contribution in [0.2, 0.25) is 5.02 Å². The molecule has 3 aromatic carbocycles. The summed E-state index contributed by atoms with van der Waals surface area (Å²) in [5, 5.41) is 13.4. The Labute approximate surface area is 237 Å². The largest absolute Gasteiger partial charge is 0.467 e. The number of benzene rings is 3. The van der Waals surface area contributed by atoms with E-state index in [1.165, 1.54) is 12.0 Å². The van der Waals surface area contributed by atoms with Crippen LogP contribution in [0.1, 0.15) is 35.4 Å². The van der Waals surface area contributed by atoms with Gasteiger partial charge in [0.1, 0.15) is 12.6 Å². The molecule has 0 saturated carbocycles. The van der Waals surface area contributed by atoms with Crippen LogP contribution in [0.5, 0.6) is 0 Å². The van der Waals surface area contributed by atoms with Crippen LogP contribution in [-0.2, 0) is 25.5 Å². The van der Waals surface area contributed by atoms with E-state index < -0.39 is 36.2 Å². The predicted molar refractivity (Wildman–Crippen MR) is 150 cm³/mol. The van der Waals surface area contributed by atoms with Crippen molar-refractivity contribution in [2.45, 2.75) is 36.8 Å². The molecule has 0 radical (unpaired) electrons. The average Bonchev–Trinajstić information content (AvgIpc) is 3.59. The van der Waals surface area contributed by atoms with Crippen molar-refractivity contribution >= 4 is 29.6 Å². The van der Waals surface area contributed by atoms with Gasteiger partial charge in [0.15, 0.2) is 5.54 Å². The van der Waals surface area contributed by atoms with Crippen molar-refractivity contribution < 1.29 is 29.0 Å². The highest BCUT2D eigenvalue weighted by atomic mass is 35.5. The smallest absolute Gasteiger partial charge is 0.410 e. The normalized spacial score (nSPS) is 17.5. The third kappa shape index (κ3) is 5.29. The fourth-order valence-electron chi connectivity index (χ4n) is 5.77. The predicted octanol–water partition coefficient (Wildman–Crippen LogP) is 4.32. The lowest BCUT2D eigenvalue weighted by atomic mass is 9.90. The number of aliphatic hydroxyl groups excluding tert-OH is 1.